The number of anilines is 1. The Kier molecular flexibility index (Phi) is 4.08. The summed E-state index contributed by atoms with van der Waals surface area (Å²) in [5.74, 6) is -0.317. The second kappa shape index (κ2) is 5.78. The van der Waals surface area contributed by atoms with Crippen molar-refractivity contribution in [3.63, 3.8) is 0 Å². The molecular formula is C11H10BrN5O3. The first-order valence-electron chi connectivity index (χ1n) is 5.66. The van der Waals surface area contributed by atoms with Crippen molar-refractivity contribution in [2.45, 2.75) is 13.5 Å². The zero-order chi connectivity index (χ0) is 14.7. The van der Waals surface area contributed by atoms with Gasteiger partial charge in [-0.25, -0.2) is 4.98 Å². The van der Waals surface area contributed by atoms with Crippen LogP contribution in [-0.2, 0) is 6.54 Å². The van der Waals surface area contributed by atoms with Crippen LogP contribution in [0.5, 0.6) is 0 Å². The molecule has 8 nitrogen and oxygen atoms in total. The van der Waals surface area contributed by atoms with Crippen LogP contribution in [-0.4, -0.2) is 25.6 Å². The first-order valence-corrected chi connectivity index (χ1v) is 6.45. The molecule has 1 N–H and O–H groups in total. The average Bonchev–Trinajstić information content (AvgIpc) is 2.85. The molecular weight excluding hydrogens is 330 g/mol. The second-order valence-corrected chi connectivity index (χ2v) is 4.68. The molecule has 0 spiro atoms. The highest BCUT2D eigenvalue weighted by Gasteiger charge is 2.26. The summed E-state index contributed by atoms with van der Waals surface area (Å²) in [6.07, 6.45) is 2.58. The fraction of sp³-hybridized carbons (Fsp3) is 0.182. The minimum atomic E-state index is -0.636. The fourth-order valence-electron chi connectivity index (χ4n) is 1.61. The summed E-state index contributed by atoms with van der Waals surface area (Å²) >= 11 is 3.23. The van der Waals surface area contributed by atoms with E-state index in [9.17, 15) is 14.9 Å². The molecule has 9 heteroatoms. The van der Waals surface area contributed by atoms with E-state index in [-0.39, 0.29) is 11.4 Å². The van der Waals surface area contributed by atoms with Gasteiger partial charge in [-0.2, -0.15) is 5.10 Å². The molecule has 2 rings (SSSR count). The number of aryl methyl sites for hydroxylation is 1. The fourth-order valence-corrected chi connectivity index (χ4v) is 1.84. The van der Waals surface area contributed by atoms with E-state index in [1.165, 1.54) is 10.9 Å². The molecule has 0 aliphatic carbocycles. The average molecular weight is 340 g/mol. The van der Waals surface area contributed by atoms with Crippen LogP contribution in [0.3, 0.4) is 0 Å². The van der Waals surface area contributed by atoms with Crippen LogP contribution < -0.4 is 5.32 Å². The van der Waals surface area contributed by atoms with Gasteiger partial charge in [-0.1, -0.05) is 0 Å². The lowest BCUT2D eigenvalue weighted by Gasteiger charge is -2.05. The monoisotopic (exact) mass is 339 g/mol. The number of hydrogen-bond acceptors (Lipinski definition) is 5. The number of aromatic nitrogens is 3. The molecule has 20 heavy (non-hydrogen) atoms. The van der Waals surface area contributed by atoms with Gasteiger partial charge < -0.3 is 5.32 Å². The van der Waals surface area contributed by atoms with Gasteiger partial charge in [-0.3, -0.25) is 19.6 Å². The highest BCUT2D eigenvalue weighted by molar-refractivity contribution is 9.10. The lowest BCUT2D eigenvalue weighted by molar-refractivity contribution is -0.385. The third-order valence-corrected chi connectivity index (χ3v) is 2.97. The van der Waals surface area contributed by atoms with Crippen molar-refractivity contribution in [1.29, 1.82) is 0 Å². The van der Waals surface area contributed by atoms with E-state index in [4.69, 9.17) is 0 Å². The maximum absolute atomic E-state index is 12.1. The number of carbonyl (C=O) groups excluding carboxylic acids is 1. The summed E-state index contributed by atoms with van der Waals surface area (Å²) in [5, 5.41) is 17.2. The summed E-state index contributed by atoms with van der Waals surface area (Å²) < 4.78 is 2.03. The molecule has 0 atom stereocenters. The van der Waals surface area contributed by atoms with Gasteiger partial charge in [0.05, 0.1) is 4.92 Å². The third-order valence-electron chi connectivity index (χ3n) is 2.50. The van der Waals surface area contributed by atoms with Crippen LogP contribution in [0, 0.1) is 10.1 Å². The van der Waals surface area contributed by atoms with Crippen LogP contribution in [0.25, 0.3) is 0 Å². The smallest absolute Gasteiger partial charge is 0.305 e. The molecule has 2 aromatic rings. The van der Waals surface area contributed by atoms with Crippen LogP contribution in [0.2, 0.25) is 0 Å². The first kappa shape index (κ1) is 14.1. The number of nitro groups is 1. The number of halogens is 1. The van der Waals surface area contributed by atoms with E-state index >= 15 is 0 Å². The quantitative estimate of drug-likeness (QED) is 0.679. The number of nitrogens with one attached hydrogen (secondary N) is 1. The zero-order valence-electron chi connectivity index (χ0n) is 10.4. The van der Waals surface area contributed by atoms with Gasteiger partial charge in [0.1, 0.15) is 12.0 Å². The van der Waals surface area contributed by atoms with Gasteiger partial charge in [0, 0.05) is 17.2 Å². The molecule has 0 saturated carbocycles. The SMILES string of the molecule is CCn1ncc([N+](=O)[O-])c1C(=O)Nc1ccc(Br)cn1. The molecule has 2 heterocycles. The largest absolute Gasteiger partial charge is 0.320 e. The van der Waals surface area contributed by atoms with Crippen LogP contribution in [0.15, 0.2) is 29.0 Å². The van der Waals surface area contributed by atoms with Gasteiger partial charge in [0.25, 0.3) is 5.91 Å². The van der Waals surface area contributed by atoms with Gasteiger partial charge in [-0.15, -0.1) is 0 Å². The predicted octanol–water partition coefficient (Wildman–Crippen LogP) is 2.22. The standard InChI is InChI=1S/C11H10BrN5O3/c1-2-16-10(8(6-14-16)17(19)20)11(18)15-9-4-3-7(12)5-13-9/h3-6H,2H2,1H3,(H,13,15,18). The minimum Gasteiger partial charge on any atom is -0.305 e. The molecule has 0 aromatic carbocycles. The van der Waals surface area contributed by atoms with Crippen molar-refractivity contribution in [1.82, 2.24) is 14.8 Å². The summed E-state index contributed by atoms with van der Waals surface area (Å²) in [4.78, 5) is 26.4. The molecule has 0 fully saturated rings. The maximum Gasteiger partial charge on any atom is 0.320 e. The van der Waals surface area contributed by atoms with E-state index in [0.29, 0.717) is 12.4 Å². The molecule has 1 amide bonds. The van der Waals surface area contributed by atoms with E-state index in [1.807, 2.05) is 0 Å². The highest BCUT2D eigenvalue weighted by atomic mass is 79.9. The topological polar surface area (TPSA) is 103 Å². The Bertz CT molecular complexity index is 653. The Balaban J connectivity index is 2.31. The second-order valence-electron chi connectivity index (χ2n) is 3.77. The van der Waals surface area contributed by atoms with Crippen molar-refractivity contribution in [3.05, 3.63) is 44.8 Å². The maximum atomic E-state index is 12.1. The molecule has 0 unspecified atom stereocenters. The molecule has 0 radical (unpaired) electrons. The van der Waals surface area contributed by atoms with Crippen LogP contribution >= 0.6 is 15.9 Å². The zero-order valence-corrected chi connectivity index (χ0v) is 12.0. The number of rotatable bonds is 4. The van der Waals surface area contributed by atoms with Gasteiger partial charge in [0.2, 0.25) is 5.69 Å². The van der Waals surface area contributed by atoms with E-state index in [0.717, 1.165) is 10.7 Å². The number of nitrogens with zero attached hydrogens (tertiary/aromatic N) is 4. The number of amides is 1. The molecule has 0 aliphatic heterocycles. The van der Waals surface area contributed by atoms with Gasteiger partial charge >= 0.3 is 5.69 Å². The van der Waals surface area contributed by atoms with E-state index < -0.39 is 10.8 Å². The van der Waals surface area contributed by atoms with Crippen molar-refractivity contribution in [2.75, 3.05) is 5.32 Å². The Labute approximate surface area is 122 Å². The lowest BCUT2D eigenvalue weighted by atomic mass is 10.3. The first-order chi connectivity index (χ1) is 9.52. The summed E-state index contributed by atoms with van der Waals surface area (Å²) in [6, 6.07) is 3.29. The molecule has 0 aliphatic rings. The van der Waals surface area contributed by atoms with E-state index in [2.05, 4.69) is 31.3 Å². The third kappa shape index (κ3) is 2.82. The van der Waals surface area contributed by atoms with Gasteiger partial charge in [0.15, 0.2) is 0 Å². The Hall–Kier alpha value is -2.29. The summed E-state index contributed by atoms with van der Waals surface area (Å²) in [6.45, 7) is 2.09. The number of hydrogen-bond donors (Lipinski definition) is 1. The normalized spacial score (nSPS) is 10.3. The van der Waals surface area contributed by atoms with Crippen molar-refractivity contribution in [2.24, 2.45) is 0 Å². The number of pyridine rings is 1. The molecule has 0 bridgehead atoms. The predicted molar refractivity (Wildman–Crippen MR) is 74.4 cm³/mol. The van der Waals surface area contributed by atoms with Crippen molar-refractivity contribution in [3.8, 4) is 0 Å². The molecule has 2 aromatic heterocycles. The lowest BCUT2D eigenvalue weighted by Crippen LogP contribution is -2.19. The minimum absolute atomic E-state index is 0.0952. The van der Waals surface area contributed by atoms with Crippen LogP contribution in [0.4, 0.5) is 11.5 Å². The molecule has 0 saturated heterocycles. The van der Waals surface area contributed by atoms with Crippen molar-refractivity contribution >= 4 is 33.3 Å². The summed E-state index contributed by atoms with van der Waals surface area (Å²) in [5.41, 5.74) is -0.427. The highest BCUT2D eigenvalue weighted by Crippen LogP contribution is 2.19. The van der Waals surface area contributed by atoms with E-state index in [1.54, 1.807) is 19.1 Å². The van der Waals surface area contributed by atoms with Crippen molar-refractivity contribution < 1.29 is 9.72 Å². The van der Waals surface area contributed by atoms with Crippen LogP contribution in [0.1, 0.15) is 17.4 Å². The van der Waals surface area contributed by atoms with Gasteiger partial charge in [-0.05, 0) is 35.0 Å². The number of carbonyl (C=O) groups is 1. The summed E-state index contributed by atoms with van der Waals surface area (Å²) in [7, 11) is 0. The Morgan fingerprint density at radius 1 is 1.50 bits per heavy atom. The Morgan fingerprint density at radius 2 is 2.25 bits per heavy atom. The Morgan fingerprint density at radius 3 is 2.80 bits per heavy atom. The molecule has 104 valence electrons.